The van der Waals surface area contributed by atoms with Crippen molar-refractivity contribution in [2.45, 2.75) is 6.42 Å². The van der Waals surface area contributed by atoms with Crippen LogP contribution in [0.3, 0.4) is 0 Å². The van der Waals surface area contributed by atoms with E-state index in [0.717, 1.165) is 30.4 Å². The van der Waals surface area contributed by atoms with Gasteiger partial charge in [0.1, 0.15) is 5.75 Å². The molecule has 18 heavy (non-hydrogen) atoms. The molecule has 94 valence electrons. The van der Waals surface area contributed by atoms with E-state index in [1.54, 1.807) is 25.4 Å². The summed E-state index contributed by atoms with van der Waals surface area (Å²) in [5.74, 6) is 0.651. The quantitative estimate of drug-likeness (QED) is 0.906. The van der Waals surface area contributed by atoms with Crippen LogP contribution in [-0.4, -0.2) is 36.0 Å². The van der Waals surface area contributed by atoms with Crippen LogP contribution in [-0.2, 0) is 0 Å². The highest BCUT2D eigenvalue weighted by Crippen LogP contribution is 2.32. The lowest BCUT2D eigenvalue weighted by Crippen LogP contribution is -2.41. The summed E-state index contributed by atoms with van der Waals surface area (Å²) >= 11 is 6.05. The molecule has 0 saturated carbocycles. The van der Waals surface area contributed by atoms with Crippen molar-refractivity contribution in [1.82, 2.24) is 9.88 Å². The molecule has 1 N–H and O–H groups in total. The van der Waals surface area contributed by atoms with Crippen LogP contribution in [0.2, 0.25) is 5.02 Å². The zero-order valence-corrected chi connectivity index (χ0v) is 10.8. The van der Waals surface area contributed by atoms with Gasteiger partial charge in [-0.2, -0.15) is 0 Å². The predicted octanol–water partition coefficient (Wildman–Crippen LogP) is 2.68. The van der Waals surface area contributed by atoms with Gasteiger partial charge >= 0.3 is 0 Å². The molecule has 1 aliphatic rings. The number of nitrogens with one attached hydrogen (secondary N) is 1. The van der Waals surface area contributed by atoms with E-state index in [2.05, 4.69) is 4.98 Å². The summed E-state index contributed by atoms with van der Waals surface area (Å²) in [5, 5.41) is 1.39. The van der Waals surface area contributed by atoms with Gasteiger partial charge in [-0.1, -0.05) is 11.6 Å². The zero-order chi connectivity index (χ0) is 12.7. The molecule has 1 fully saturated rings. The van der Waals surface area contributed by atoms with Gasteiger partial charge in [0.2, 0.25) is 0 Å². The summed E-state index contributed by atoms with van der Waals surface area (Å²) in [4.78, 5) is 17.1. The number of methoxy groups -OCH3 is 1. The first-order valence-corrected chi connectivity index (χ1v) is 6.22. The van der Waals surface area contributed by atoms with Crippen LogP contribution in [0.25, 0.3) is 10.9 Å². The Hall–Kier alpha value is -1.68. The Morgan fingerprint density at radius 1 is 1.44 bits per heavy atom. The first-order valence-electron chi connectivity index (χ1n) is 5.84. The van der Waals surface area contributed by atoms with E-state index in [4.69, 9.17) is 16.3 Å². The highest BCUT2D eigenvalue weighted by Gasteiger charge is 2.24. The molecule has 3 rings (SSSR count). The molecule has 0 radical (unpaired) electrons. The van der Waals surface area contributed by atoms with Crippen LogP contribution in [0, 0.1) is 0 Å². The van der Waals surface area contributed by atoms with Gasteiger partial charge in [-0.25, -0.2) is 0 Å². The fraction of sp³-hybridized carbons (Fsp3) is 0.308. The lowest BCUT2D eigenvalue weighted by Gasteiger charge is -2.30. The minimum absolute atomic E-state index is 0.0666. The number of benzene rings is 1. The van der Waals surface area contributed by atoms with Gasteiger partial charge in [-0.05, 0) is 18.6 Å². The zero-order valence-electron chi connectivity index (χ0n) is 10.00. The molecule has 5 heteroatoms. The lowest BCUT2D eigenvalue weighted by molar-refractivity contribution is 0.0654. The number of hydrogen-bond donors (Lipinski definition) is 1. The average molecular weight is 265 g/mol. The summed E-state index contributed by atoms with van der Waals surface area (Å²) in [6, 6.07) is 3.59. The number of hydrogen-bond acceptors (Lipinski definition) is 2. The third kappa shape index (κ3) is 1.64. The van der Waals surface area contributed by atoms with Crippen molar-refractivity contribution < 1.29 is 9.53 Å². The molecule has 1 saturated heterocycles. The second kappa shape index (κ2) is 4.21. The third-order valence-electron chi connectivity index (χ3n) is 3.33. The van der Waals surface area contributed by atoms with Gasteiger partial charge in [0, 0.05) is 30.2 Å². The van der Waals surface area contributed by atoms with Gasteiger partial charge in [0.25, 0.3) is 5.91 Å². The Bertz CT molecular complexity index is 617. The number of ether oxygens (including phenoxy) is 1. The number of likely N-dealkylation sites (tertiary alicyclic amines) is 1. The molecule has 0 spiro atoms. The van der Waals surface area contributed by atoms with Crippen molar-refractivity contribution >= 4 is 28.4 Å². The van der Waals surface area contributed by atoms with Crippen molar-refractivity contribution in [2.24, 2.45) is 0 Å². The van der Waals surface area contributed by atoms with Crippen LogP contribution in [0.1, 0.15) is 16.8 Å². The second-order valence-electron chi connectivity index (χ2n) is 4.38. The van der Waals surface area contributed by atoms with Crippen molar-refractivity contribution in [3.8, 4) is 5.75 Å². The van der Waals surface area contributed by atoms with E-state index in [0.29, 0.717) is 16.3 Å². The maximum absolute atomic E-state index is 12.2. The number of aromatic amines is 1. The normalized spacial score (nSPS) is 14.7. The number of halogens is 1. The maximum atomic E-state index is 12.2. The van der Waals surface area contributed by atoms with Crippen LogP contribution in [0.15, 0.2) is 18.3 Å². The second-order valence-corrected chi connectivity index (χ2v) is 4.79. The number of rotatable bonds is 2. The first-order chi connectivity index (χ1) is 8.70. The minimum atomic E-state index is 0.0666. The molecule has 0 aliphatic carbocycles. The maximum Gasteiger partial charge on any atom is 0.256 e. The fourth-order valence-corrected chi connectivity index (χ4v) is 2.39. The highest BCUT2D eigenvalue weighted by atomic mass is 35.5. The number of fused-ring (bicyclic) bond motifs is 1. The van der Waals surface area contributed by atoms with Gasteiger partial charge in [-0.15, -0.1) is 0 Å². The standard InChI is InChI=1S/C13H13ClN2O2/c1-18-12-5-8-9(13(17)16-3-2-4-16)7-15-11(8)6-10(12)14/h5-7,15H,2-4H2,1H3. The number of carbonyl (C=O) groups excluding carboxylic acids is 1. The van der Waals surface area contributed by atoms with Gasteiger partial charge < -0.3 is 14.6 Å². The number of carbonyl (C=O) groups is 1. The number of H-pyrrole nitrogens is 1. The summed E-state index contributed by atoms with van der Waals surface area (Å²) in [6.45, 7) is 1.69. The summed E-state index contributed by atoms with van der Waals surface area (Å²) < 4.78 is 5.19. The Morgan fingerprint density at radius 2 is 2.22 bits per heavy atom. The van der Waals surface area contributed by atoms with Crippen molar-refractivity contribution in [3.63, 3.8) is 0 Å². The van der Waals surface area contributed by atoms with Crippen molar-refractivity contribution in [2.75, 3.05) is 20.2 Å². The Labute approximate surface area is 109 Å². The van der Waals surface area contributed by atoms with Crippen molar-refractivity contribution in [3.05, 3.63) is 28.9 Å². The molecule has 2 heterocycles. The number of aromatic nitrogens is 1. The van der Waals surface area contributed by atoms with E-state index in [1.165, 1.54) is 0 Å². The summed E-state index contributed by atoms with van der Waals surface area (Å²) in [7, 11) is 1.57. The molecular weight excluding hydrogens is 252 g/mol. The highest BCUT2D eigenvalue weighted by molar-refractivity contribution is 6.33. The van der Waals surface area contributed by atoms with Crippen LogP contribution in [0.4, 0.5) is 0 Å². The molecule has 0 unspecified atom stereocenters. The van der Waals surface area contributed by atoms with Crippen LogP contribution in [0.5, 0.6) is 5.75 Å². The first kappa shape index (κ1) is 11.4. The molecule has 1 amide bonds. The Kier molecular flexibility index (Phi) is 2.67. The molecule has 1 aromatic heterocycles. The van der Waals surface area contributed by atoms with Crippen LogP contribution < -0.4 is 4.74 Å². The largest absolute Gasteiger partial charge is 0.495 e. The van der Waals surface area contributed by atoms with E-state index in [1.807, 2.05) is 4.90 Å². The molecule has 0 atom stereocenters. The van der Waals surface area contributed by atoms with Crippen LogP contribution >= 0.6 is 11.6 Å². The topological polar surface area (TPSA) is 45.3 Å². The minimum Gasteiger partial charge on any atom is -0.495 e. The summed E-state index contributed by atoms with van der Waals surface area (Å²) in [6.07, 6.45) is 2.82. The van der Waals surface area contributed by atoms with Gasteiger partial charge in [0.15, 0.2) is 0 Å². The van der Waals surface area contributed by atoms with E-state index in [9.17, 15) is 4.79 Å². The van der Waals surface area contributed by atoms with E-state index < -0.39 is 0 Å². The van der Waals surface area contributed by atoms with E-state index in [-0.39, 0.29) is 5.91 Å². The Morgan fingerprint density at radius 3 is 2.83 bits per heavy atom. The van der Waals surface area contributed by atoms with Gasteiger partial charge in [0.05, 0.1) is 17.7 Å². The Balaban J connectivity index is 2.09. The van der Waals surface area contributed by atoms with Crippen molar-refractivity contribution in [1.29, 1.82) is 0 Å². The third-order valence-corrected chi connectivity index (χ3v) is 3.62. The molecular formula is C13H13ClN2O2. The van der Waals surface area contributed by atoms with E-state index >= 15 is 0 Å². The number of nitrogens with zero attached hydrogens (tertiary/aromatic N) is 1. The average Bonchev–Trinajstić information content (AvgIpc) is 2.68. The van der Waals surface area contributed by atoms with Gasteiger partial charge in [-0.3, -0.25) is 4.79 Å². The monoisotopic (exact) mass is 264 g/mol. The molecule has 0 bridgehead atoms. The molecule has 4 nitrogen and oxygen atoms in total. The molecule has 2 aromatic rings. The smallest absolute Gasteiger partial charge is 0.256 e. The predicted molar refractivity (Wildman–Crippen MR) is 70.4 cm³/mol. The number of amides is 1. The lowest BCUT2D eigenvalue weighted by atomic mass is 10.1. The molecule has 1 aromatic carbocycles. The summed E-state index contributed by atoms with van der Waals surface area (Å²) in [5.41, 5.74) is 1.53. The molecule has 1 aliphatic heterocycles. The SMILES string of the molecule is COc1cc2c(C(=O)N3CCC3)c[nH]c2cc1Cl. The fourth-order valence-electron chi connectivity index (χ4n) is 2.15.